The van der Waals surface area contributed by atoms with E-state index in [1.807, 2.05) is 0 Å². The third kappa shape index (κ3) is 6.09. The molecule has 3 aromatic rings. The van der Waals surface area contributed by atoms with Crippen LogP contribution in [0.15, 0.2) is 41.3 Å². The summed E-state index contributed by atoms with van der Waals surface area (Å²) in [4.78, 5) is 11.7. The molecule has 0 unspecified atom stereocenters. The van der Waals surface area contributed by atoms with Crippen LogP contribution in [0.4, 0.5) is 26.3 Å². The third-order valence-corrected chi connectivity index (χ3v) is 6.34. The van der Waals surface area contributed by atoms with Crippen molar-refractivity contribution in [3.05, 3.63) is 62.9 Å². The number of aromatic nitrogens is 3. The van der Waals surface area contributed by atoms with Gasteiger partial charge in [-0.1, -0.05) is 40.0 Å². The molecule has 2 aromatic carbocycles. The Kier molecular flexibility index (Phi) is 7.19. The number of halogens is 9. The molecular formula is C17H7Cl3F6N4O4S. The van der Waals surface area contributed by atoms with Crippen molar-refractivity contribution in [1.29, 1.82) is 0 Å². The summed E-state index contributed by atoms with van der Waals surface area (Å²) in [6.45, 7) is 0. The fraction of sp³-hybridized carbons (Fsp3) is 0.118. The number of carbonyl (C=O) groups is 1. The van der Waals surface area contributed by atoms with Crippen LogP contribution in [0.25, 0.3) is 5.69 Å². The largest absolute Gasteiger partial charge is 0.573 e. The van der Waals surface area contributed by atoms with Gasteiger partial charge in [0, 0.05) is 0 Å². The van der Waals surface area contributed by atoms with Crippen LogP contribution in [0.2, 0.25) is 15.1 Å². The molecule has 0 aliphatic carbocycles. The SMILES string of the molecule is O=C(NS(=O)(=O)c1ccc(OC(F)(F)F)cc1)c1nnn(-c2cc(Cl)c(Cl)cc2Cl)c1C(F)(F)F. The van der Waals surface area contributed by atoms with Gasteiger partial charge in [0.15, 0.2) is 11.4 Å². The molecule has 1 heterocycles. The van der Waals surface area contributed by atoms with Crippen molar-refractivity contribution in [3.63, 3.8) is 0 Å². The molecule has 0 bridgehead atoms. The smallest absolute Gasteiger partial charge is 0.406 e. The quantitative estimate of drug-likeness (QED) is 0.325. The van der Waals surface area contributed by atoms with Gasteiger partial charge in [0.2, 0.25) is 0 Å². The van der Waals surface area contributed by atoms with Crippen LogP contribution >= 0.6 is 34.8 Å². The van der Waals surface area contributed by atoms with Crippen LogP contribution in [0.5, 0.6) is 5.75 Å². The van der Waals surface area contributed by atoms with Crippen molar-refractivity contribution in [3.8, 4) is 11.4 Å². The first-order chi connectivity index (χ1) is 16.0. The number of hydrogen-bond acceptors (Lipinski definition) is 6. The number of nitrogens with one attached hydrogen (secondary N) is 1. The molecule has 0 saturated heterocycles. The Balaban J connectivity index is 1.97. The molecular weight excluding hydrogens is 577 g/mol. The Morgan fingerprint density at radius 1 is 0.943 bits per heavy atom. The molecule has 0 spiro atoms. The topological polar surface area (TPSA) is 103 Å². The fourth-order valence-electron chi connectivity index (χ4n) is 2.58. The number of sulfonamides is 1. The Bertz CT molecular complexity index is 1390. The summed E-state index contributed by atoms with van der Waals surface area (Å²) in [5.41, 5.74) is -3.71. The highest BCUT2D eigenvalue weighted by Gasteiger charge is 2.43. The van der Waals surface area contributed by atoms with E-state index in [-0.39, 0.29) is 19.7 Å². The summed E-state index contributed by atoms with van der Waals surface area (Å²) in [7, 11) is -4.85. The molecule has 1 amide bonds. The van der Waals surface area contributed by atoms with Crippen molar-refractivity contribution in [2.45, 2.75) is 17.4 Å². The Morgan fingerprint density at radius 3 is 2.06 bits per heavy atom. The number of alkyl halides is 6. The summed E-state index contributed by atoms with van der Waals surface area (Å²) in [5, 5.41) is 5.71. The average Bonchev–Trinajstić information content (AvgIpc) is 3.15. The second-order valence-electron chi connectivity index (χ2n) is 6.37. The molecule has 18 heteroatoms. The first kappa shape index (κ1) is 26.8. The zero-order valence-electron chi connectivity index (χ0n) is 16.2. The molecule has 188 valence electrons. The molecule has 0 aliphatic heterocycles. The van der Waals surface area contributed by atoms with Crippen molar-refractivity contribution >= 4 is 50.7 Å². The summed E-state index contributed by atoms with van der Waals surface area (Å²) in [6, 6.07) is 4.44. The van der Waals surface area contributed by atoms with E-state index in [9.17, 15) is 39.6 Å². The van der Waals surface area contributed by atoms with Crippen LogP contribution in [0.3, 0.4) is 0 Å². The standard InChI is InChI=1S/C17H7Cl3F6N4O4S/c18-9-5-11(20)12(6-10(9)19)30-14(16(21,22)23)13(27-29-30)15(31)28-35(32,33)8-3-1-7(2-4-8)34-17(24,25)26/h1-6H,(H,28,31). The van der Waals surface area contributed by atoms with E-state index < -0.39 is 56.2 Å². The first-order valence-corrected chi connectivity index (χ1v) is 11.2. The number of amides is 1. The highest BCUT2D eigenvalue weighted by Crippen LogP contribution is 2.37. The third-order valence-electron chi connectivity index (χ3n) is 3.97. The van der Waals surface area contributed by atoms with E-state index in [4.69, 9.17) is 34.8 Å². The monoisotopic (exact) mass is 582 g/mol. The van der Waals surface area contributed by atoms with Gasteiger partial charge in [-0.15, -0.1) is 18.3 Å². The Hall–Kier alpha value is -2.75. The van der Waals surface area contributed by atoms with Gasteiger partial charge < -0.3 is 4.74 Å². The molecule has 35 heavy (non-hydrogen) atoms. The van der Waals surface area contributed by atoms with Gasteiger partial charge in [0.1, 0.15) is 5.75 Å². The van der Waals surface area contributed by atoms with Crippen LogP contribution in [0, 0.1) is 0 Å². The van der Waals surface area contributed by atoms with E-state index in [2.05, 4.69) is 15.0 Å². The molecule has 0 saturated carbocycles. The molecule has 1 N–H and O–H groups in total. The zero-order valence-corrected chi connectivity index (χ0v) is 19.3. The maximum absolute atomic E-state index is 13.8. The number of rotatable bonds is 5. The summed E-state index contributed by atoms with van der Waals surface area (Å²) < 4.78 is 108. The van der Waals surface area contributed by atoms with Crippen molar-refractivity contribution < 1.29 is 44.3 Å². The Labute approximate surface area is 206 Å². The summed E-state index contributed by atoms with van der Waals surface area (Å²) in [6.07, 6.45) is -10.3. The maximum Gasteiger partial charge on any atom is 0.573 e. The molecule has 0 aliphatic rings. The molecule has 3 rings (SSSR count). The molecule has 1 aromatic heterocycles. The van der Waals surface area contributed by atoms with E-state index in [1.54, 1.807) is 0 Å². The van der Waals surface area contributed by atoms with E-state index >= 15 is 0 Å². The summed E-state index contributed by atoms with van der Waals surface area (Å²) >= 11 is 17.5. The number of ether oxygens (including phenoxy) is 1. The predicted octanol–water partition coefficient (Wildman–Crippen LogP) is 5.26. The van der Waals surface area contributed by atoms with Gasteiger partial charge in [-0.3, -0.25) is 4.79 Å². The minimum atomic E-state index is -5.29. The first-order valence-electron chi connectivity index (χ1n) is 8.60. The lowest BCUT2D eigenvalue weighted by Crippen LogP contribution is -2.32. The lowest BCUT2D eigenvalue weighted by atomic mass is 10.2. The van der Waals surface area contributed by atoms with E-state index in [1.165, 1.54) is 4.72 Å². The van der Waals surface area contributed by atoms with Gasteiger partial charge in [0.05, 0.1) is 25.7 Å². The lowest BCUT2D eigenvalue weighted by Gasteiger charge is -2.13. The zero-order chi connectivity index (χ0) is 26.3. The minimum Gasteiger partial charge on any atom is -0.406 e. The highest BCUT2D eigenvalue weighted by molar-refractivity contribution is 7.90. The molecule has 0 radical (unpaired) electrons. The predicted molar refractivity (Wildman–Crippen MR) is 109 cm³/mol. The second-order valence-corrected chi connectivity index (χ2v) is 9.27. The van der Waals surface area contributed by atoms with E-state index in [0.717, 1.165) is 12.1 Å². The normalized spacial score (nSPS) is 12.5. The average molecular weight is 584 g/mol. The van der Waals surface area contributed by atoms with Gasteiger partial charge >= 0.3 is 12.5 Å². The fourth-order valence-corrected chi connectivity index (χ4v) is 4.16. The second kappa shape index (κ2) is 9.37. The van der Waals surface area contributed by atoms with Gasteiger partial charge in [-0.25, -0.2) is 17.8 Å². The van der Waals surface area contributed by atoms with Crippen LogP contribution in [0.1, 0.15) is 16.2 Å². The number of carbonyl (C=O) groups excluding carboxylic acids is 1. The van der Waals surface area contributed by atoms with Crippen molar-refractivity contribution in [2.24, 2.45) is 0 Å². The van der Waals surface area contributed by atoms with Crippen LogP contribution < -0.4 is 9.46 Å². The van der Waals surface area contributed by atoms with E-state index in [0.29, 0.717) is 24.3 Å². The lowest BCUT2D eigenvalue weighted by molar-refractivity contribution is -0.274. The Morgan fingerprint density at radius 2 is 1.51 bits per heavy atom. The van der Waals surface area contributed by atoms with Crippen LogP contribution in [-0.4, -0.2) is 35.7 Å². The van der Waals surface area contributed by atoms with Crippen LogP contribution in [-0.2, 0) is 16.2 Å². The number of nitrogens with zero attached hydrogens (tertiary/aromatic N) is 3. The number of benzene rings is 2. The molecule has 8 nitrogen and oxygen atoms in total. The highest BCUT2D eigenvalue weighted by atomic mass is 35.5. The van der Waals surface area contributed by atoms with Gasteiger partial charge in [-0.2, -0.15) is 13.2 Å². The van der Waals surface area contributed by atoms with Gasteiger partial charge in [-0.05, 0) is 36.4 Å². The number of hydrogen-bond donors (Lipinski definition) is 1. The van der Waals surface area contributed by atoms with Crippen molar-refractivity contribution in [1.82, 2.24) is 19.7 Å². The molecule has 0 atom stereocenters. The van der Waals surface area contributed by atoms with Crippen molar-refractivity contribution in [2.75, 3.05) is 0 Å². The summed E-state index contributed by atoms with van der Waals surface area (Å²) in [5.74, 6) is -2.61. The van der Waals surface area contributed by atoms with Gasteiger partial charge in [0.25, 0.3) is 15.9 Å². The maximum atomic E-state index is 13.8. The molecule has 0 fully saturated rings. The minimum absolute atomic E-state index is 0.0928.